The third-order valence-corrected chi connectivity index (χ3v) is 5.01. The lowest BCUT2D eigenvalue weighted by molar-refractivity contribution is -0.111. The van der Waals surface area contributed by atoms with E-state index in [2.05, 4.69) is 5.32 Å². The van der Waals surface area contributed by atoms with Crippen LogP contribution in [0.25, 0.3) is 6.08 Å². The number of thiophene rings is 1. The van der Waals surface area contributed by atoms with Crippen molar-refractivity contribution in [3.63, 3.8) is 0 Å². The molecule has 1 N–H and O–H groups in total. The summed E-state index contributed by atoms with van der Waals surface area (Å²) in [5, 5.41) is 3.32. The molecule has 1 amide bonds. The van der Waals surface area contributed by atoms with Crippen LogP contribution in [0, 0.1) is 0 Å². The fourth-order valence-electron chi connectivity index (χ4n) is 2.67. The molecule has 0 aliphatic rings. The average molecular weight is 391 g/mol. The Morgan fingerprint density at radius 1 is 1.04 bits per heavy atom. The predicted molar refractivity (Wildman–Crippen MR) is 114 cm³/mol. The molecular formula is C23H21NO3S. The quantitative estimate of drug-likeness (QED) is 0.447. The first-order chi connectivity index (χ1) is 13.7. The van der Waals surface area contributed by atoms with Gasteiger partial charge in [-0.2, -0.15) is 0 Å². The summed E-state index contributed by atoms with van der Waals surface area (Å²) in [5.74, 6) is -0.720. The molecule has 5 heteroatoms. The lowest BCUT2D eigenvalue weighted by Crippen LogP contribution is -2.11. The molecule has 0 aliphatic heterocycles. The summed E-state index contributed by atoms with van der Waals surface area (Å²) < 4.78 is 5.14. The van der Waals surface area contributed by atoms with Gasteiger partial charge in [0.05, 0.1) is 12.2 Å². The molecule has 0 saturated carbocycles. The van der Waals surface area contributed by atoms with Crippen molar-refractivity contribution >= 4 is 34.3 Å². The van der Waals surface area contributed by atoms with E-state index in [1.165, 1.54) is 17.4 Å². The van der Waals surface area contributed by atoms with Crippen LogP contribution in [0.4, 0.5) is 5.00 Å². The highest BCUT2D eigenvalue weighted by Gasteiger charge is 2.18. The van der Waals surface area contributed by atoms with Gasteiger partial charge in [0.2, 0.25) is 5.91 Å². The number of esters is 1. The van der Waals surface area contributed by atoms with Gasteiger partial charge in [0.1, 0.15) is 5.00 Å². The highest BCUT2D eigenvalue weighted by atomic mass is 32.1. The van der Waals surface area contributed by atoms with Gasteiger partial charge in [-0.25, -0.2) is 4.79 Å². The second kappa shape index (κ2) is 9.67. The Labute approximate surface area is 168 Å². The standard InChI is InChI=1S/C23H21NO3S/c1-2-27-23(26)20-16-19(15-18-11-7-4-8-12-18)28-22(20)24-21(25)14-13-17-9-5-3-6-10-17/h3-14,16H,2,15H2,1H3,(H,24,25). The molecular weight excluding hydrogens is 370 g/mol. The summed E-state index contributed by atoms with van der Waals surface area (Å²) in [6.07, 6.45) is 3.88. The number of nitrogens with one attached hydrogen (secondary N) is 1. The molecule has 1 heterocycles. The number of carbonyl (C=O) groups excluding carboxylic acids is 2. The number of hydrogen-bond donors (Lipinski definition) is 1. The molecule has 0 spiro atoms. The van der Waals surface area contributed by atoms with Gasteiger partial charge in [-0.05, 0) is 30.2 Å². The maximum absolute atomic E-state index is 12.3. The fourth-order valence-corrected chi connectivity index (χ4v) is 3.75. The van der Waals surface area contributed by atoms with E-state index in [1.807, 2.05) is 60.7 Å². The van der Waals surface area contributed by atoms with Crippen molar-refractivity contribution in [2.45, 2.75) is 13.3 Å². The summed E-state index contributed by atoms with van der Waals surface area (Å²) in [7, 11) is 0. The van der Waals surface area contributed by atoms with Crippen LogP contribution in [0.1, 0.15) is 33.3 Å². The monoisotopic (exact) mass is 391 g/mol. The topological polar surface area (TPSA) is 55.4 Å². The van der Waals surface area contributed by atoms with Gasteiger partial charge < -0.3 is 10.1 Å². The van der Waals surface area contributed by atoms with E-state index >= 15 is 0 Å². The number of ether oxygens (including phenoxy) is 1. The Morgan fingerprint density at radius 2 is 1.71 bits per heavy atom. The third kappa shape index (κ3) is 5.41. The first-order valence-electron chi connectivity index (χ1n) is 9.03. The summed E-state index contributed by atoms with van der Waals surface area (Å²) in [5.41, 5.74) is 2.46. The molecule has 0 fully saturated rings. The minimum absolute atomic E-state index is 0.282. The van der Waals surface area contributed by atoms with Crippen LogP contribution in [0.3, 0.4) is 0 Å². The molecule has 3 rings (SSSR count). The van der Waals surface area contributed by atoms with Crippen LogP contribution >= 0.6 is 11.3 Å². The normalized spacial score (nSPS) is 10.8. The van der Waals surface area contributed by atoms with Crippen LogP contribution in [-0.2, 0) is 16.0 Å². The molecule has 0 saturated heterocycles. The van der Waals surface area contributed by atoms with Gasteiger partial charge in [0.25, 0.3) is 0 Å². The van der Waals surface area contributed by atoms with Crippen molar-refractivity contribution in [3.05, 3.63) is 94.4 Å². The summed E-state index contributed by atoms with van der Waals surface area (Å²) in [6, 6.07) is 21.3. The SMILES string of the molecule is CCOC(=O)c1cc(Cc2ccccc2)sc1NC(=O)C=Cc1ccccc1. The number of benzene rings is 2. The van der Waals surface area contributed by atoms with E-state index in [9.17, 15) is 9.59 Å². The molecule has 0 atom stereocenters. The molecule has 0 bridgehead atoms. The van der Waals surface area contributed by atoms with Crippen LogP contribution < -0.4 is 5.32 Å². The zero-order valence-corrected chi connectivity index (χ0v) is 16.4. The van der Waals surface area contributed by atoms with E-state index in [-0.39, 0.29) is 12.5 Å². The molecule has 0 radical (unpaired) electrons. The first-order valence-corrected chi connectivity index (χ1v) is 9.85. The Balaban J connectivity index is 1.78. The highest BCUT2D eigenvalue weighted by Crippen LogP contribution is 2.30. The van der Waals surface area contributed by atoms with Gasteiger partial charge in [-0.1, -0.05) is 60.7 Å². The lowest BCUT2D eigenvalue weighted by Gasteiger charge is -2.03. The number of anilines is 1. The fraction of sp³-hybridized carbons (Fsp3) is 0.130. The molecule has 142 valence electrons. The average Bonchev–Trinajstić information content (AvgIpc) is 3.10. The summed E-state index contributed by atoms with van der Waals surface area (Å²) >= 11 is 1.39. The number of rotatable bonds is 7. The van der Waals surface area contributed by atoms with E-state index in [1.54, 1.807) is 19.1 Å². The van der Waals surface area contributed by atoms with Crippen molar-refractivity contribution in [1.82, 2.24) is 0 Å². The second-order valence-electron chi connectivity index (χ2n) is 6.07. The van der Waals surface area contributed by atoms with Crippen molar-refractivity contribution in [1.29, 1.82) is 0 Å². The van der Waals surface area contributed by atoms with E-state index in [4.69, 9.17) is 4.74 Å². The van der Waals surface area contributed by atoms with Crippen molar-refractivity contribution in [2.24, 2.45) is 0 Å². The Bertz CT molecular complexity index is 962. The Hall–Kier alpha value is -3.18. The maximum atomic E-state index is 12.3. The van der Waals surface area contributed by atoms with Gasteiger partial charge in [-0.3, -0.25) is 4.79 Å². The largest absolute Gasteiger partial charge is 0.462 e. The van der Waals surface area contributed by atoms with E-state index in [0.717, 1.165) is 16.0 Å². The minimum Gasteiger partial charge on any atom is -0.462 e. The molecule has 1 aromatic heterocycles. The second-order valence-corrected chi connectivity index (χ2v) is 7.21. The predicted octanol–water partition coefficient (Wildman–Crippen LogP) is 5.17. The van der Waals surface area contributed by atoms with Crippen LogP contribution in [0.2, 0.25) is 0 Å². The minimum atomic E-state index is -0.430. The number of carbonyl (C=O) groups is 2. The maximum Gasteiger partial charge on any atom is 0.341 e. The van der Waals surface area contributed by atoms with Crippen LogP contribution in [0.15, 0.2) is 72.8 Å². The number of hydrogen-bond acceptors (Lipinski definition) is 4. The van der Waals surface area contributed by atoms with Crippen LogP contribution in [-0.4, -0.2) is 18.5 Å². The van der Waals surface area contributed by atoms with Crippen molar-refractivity contribution < 1.29 is 14.3 Å². The zero-order chi connectivity index (χ0) is 19.8. The molecule has 28 heavy (non-hydrogen) atoms. The van der Waals surface area contributed by atoms with Gasteiger partial charge >= 0.3 is 5.97 Å². The lowest BCUT2D eigenvalue weighted by atomic mass is 10.1. The molecule has 4 nitrogen and oxygen atoms in total. The highest BCUT2D eigenvalue weighted by molar-refractivity contribution is 7.16. The Kier molecular flexibility index (Phi) is 6.76. The van der Waals surface area contributed by atoms with Crippen molar-refractivity contribution in [2.75, 3.05) is 11.9 Å². The third-order valence-electron chi connectivity index (χ3n) is 3.96. The molecule has 3 aromatic rings. The first kappa shape index (κ1) is 19.6. The van der Waals surface area contributed by atoms with Crippen molar-refractivity contribution in [3.8, 4) is 0 Å². The molecule has 0 unspecified atom stereocenters. The number of amides is 1. The van der Waals surface area contributed by atoms with Gasteiger partial charge in [-0.15, -0.1) is 11.3 Å². The van der Waals surface area contributed by atoms with Gasteiger partial charge in [0, 0.05) is 17.4 Å². The zero-order valence-electron chi connectivity index (χ0n) is 15.6. The molecule has 0 aliphatic carbocycles. The van der Waals surface area contributed by atoms with Crippen LogP contribution in [0.5, 0.6) is 0 Å². The van der Waals surface area contributed by atoms with Gasteiger partial charge in [0.15, 0.2) is 0 Å². The van der Waals surface area contributed by atoms with E-state index < -0.39 is 5.97 Å². The smallest absolute Gasteiger partial charge is 0.341 e. The Morgan fingerprint density at radius 3 is 2.39 bits per heavy atom. The molecule has 2 aromatic carbocycles. The van der Waals surface area contributed by atoms with E-state index in [0.29, 0.717) is 17.0 Å². The summed E-state index contributed by atoms with van der Waals surface area (Å²) in [4.78, 5) is 25.6. The summed E-state index contributed by atoms with van der Waals surface area (Å²) in [6.45, 7) is 2.04.